The van der Waals surface area contributed by atoms with Gasteiger partial charge in [0.15, 0.2) is 5.82 Å². The van der Waals surface area contributed by atoms with E-state index >= 15 is 0 Å². The van der Waals surface area contributed by atoms with Gasteiger partial charge in [-0.3, -0.25) is 0 Å². The molecular formula is C15H18F2N2O2. The van der Waals surface area contributed by atoms with Crippen LogP contribution in [0.5, 0.6) is 0 Å². The minimum atomic E-state index is -3.25. The van der Waals surface area contributed by atoms with Crippen molar-refractivity contribution in [3.05, 3.63) is 36.2 Å². The topological polar surface area (TPSA) is 48.2 Å². The van der Waals surface area contributed by atoms with Gasteiger partial charge in [0.05, 0.1) is 5.41 Å². The van der Waals surface area contributed by atoms with E-state index in [4.69, 9.17) is 9.26 Å². The average Bonchev–Trinajstić information content (AvgIpc) is 2.95. The van der Waals surface area contributed by atoms with E-state index in [0.717, 1.165) is 5.56 Å². The van der Waals surface area contributed by atoms with E-state index in [0.29, 0.717) is 6.42 Å². The van der Waals surface area contributed by atoms with Crippen LogP contribution in [0.15, 0.2) is 34.9 Å². The molecule has 0 unspecified atom stereocenters. The summed E-state index contributed by atoms with van der Waals surface area (Å²) in [5, 5.41) is 3.66. The maximum absolute atomic E-state index is 13.9. The van der Waals surface area contributed by atoms with E-state index in [9.17, 15) is 8.78 Å². The number of alkyl halides is 2. The van der Waals surface area contributed by atoms with E-state index in [-0.39, 0.29) is 11.7 Å². The van der Waals surface area contributed by atoms with Crippen LogP contribution in [0.25, 0.3) is 11.5 Å². The summed E-state index contributed by atoms with van der Waals surface area (Å²) < 4.78 is 37.6. The molecule has 0 saturated carbocycles. The van der Waals surface area contributed by atoms with E-state index < -0.39 is 18.1 Å². The standard InChI is InChI=1S/C15H18F2N2O2/c1-4-14(2,3)15(16,17)20-10-12-18-13(21-19-12)11-8-6-5-7-9-11/h5-9H,4,10H2,1-3H3. The summed E-state index contributed by atoms with van der Waals surface area (Å²) in [7, 11) is 0. The zero-order valence-electron chi connectivity index (χ0n) is 12.3. The zero-order valence-corrected chi connectivity index (χ0v) is 12.3. The lowest BCUT2D eigenvalue weighted by molar-refractivity contribution is -0.306. The Labute approximate surface area is 122 Å². The van der Waals surface area contributed by atoms with Crippen molar-refractivity contribution in [3.8, 4) is 11.5 Å². The molecule has 0 amide bonds. The minimum absolute atomic E-state index is 0.0976. The van der Waals surface area contributed by atoms with Crippen LogP contribution in [-0.2, 0) is 11.3 Å². The number of ether oxygens (including phenoxy) is 1. The van der Waals surface area contributed by atoms with Gasteiger partial charge in [0, 0.05) is 5.56 Å². The zero-order chi connectivity index (χ0) is 15.5. The fourth-order valence-electron chi connectivity index (χ4n) is 1.57. The second kappa shape index (κ2) is 5.89. The Balaban J connectivity index is 2.04. The summed E-state index contributed by atoms with van der Waals surface area (Å²) in [4.78, 5) is 4.06. The van der Waals surface area contributed by atoms with Crippen LogP contribution >= 0.6 is 0 Å². The van der Waals surface area contributed by atoms with Crippen molar-refractivity contribution in [2.24, 2.45) is 5.41 Å². The monoisotopic (exact) mass is 296 g/mol. The molecule has 1 heterocycles. The van der Waals surface area contributed by atoms with E-state index in [2.05, 4.69) is 10.1 Å². The van der Waals surface area contributed by atoms with Gasteiger partial charge in [-0.2, -0.15) is 13.8 Å². The van der Waals surface area contributed by atoms with Crippen LogP contribution in [0.2, 0.25) is 0 Å². The normalized spacial score (nSPS) is 12.6. The van der Waals surface area contributed by atoms with Crippen molar-refractivity contribution in [1.82, 2.24) is 10.1 Å². The van der Waals surface area contributed by atoms with Crippen molar-refractivity contribution in [1.29, 1.82) is 0 Å². The molecule has 0 N–H and O–H groups in total. The van der Waals surface area contributed by atoms with E-state index in [1.54, 1.807) is 19.1 Å². The molecule has 21 heavy (non-hydrogen) atoms. The van der Waals surface area contributed by atoms with Crippen molar-refractivity contribution in [3.63, 3.8) is 0 Å². The number of hydrogen-bond acceptors (Lipinski definition) is 4. The lowest BCUT2D eigenvalue weighted by atomic mass is 9.89. The third kappa shape index (κ3) is 3.44. The summed E-state index contributed by atoms with van der Waals surface area (Å²) in [6, 6.07) is 9.11. The number of benzene rings is 1. The quantitative estimate of drug-likeness (QED) is 0.798. The molecule has 0 aliphatic carbocycles. The first kappa shape index (κ1) is 15.6. The largest absolute Gasteiger partial charge is 0.361 e. The number of aromatic nitrogens is 2. The highest BCUT2D eigenvalue weighted by molar-refractivity contribution is 5.51. The average molecular weight is 296 g/mol. The molecule has 4 nitrogen and oxygen atoms in total. The highest BCUT2D eigenvalue weighted by Crippen LogP contribution is 2.40. The molecular weight excluding hydrogens is 278 g/mol. The first-order chi connectivity index (χ1) is 9.86. The molecule has 2 aromatic rings. The lowest BCUT2D eigenvalue weighted by Crippen LogP contribution is -2.38. The van der Waals surface area contributed by atoms with Crippen LogP contribution in [0.3, 0.4) is 0 Å². The molecule has 0 aliphatic rings. The molecule has 0 spiro atoms. The number of hydrogen-bond donors (Lipinski definition) is 0. The summed E-state index contributed by atoms with van der Waals surface area (Å²) in [5.74, 6) is 0.382. The summed E-state index contributed by atoms with van der Waals surface area (Å²) in [6.07, 6.45) is -2.96. The Morgan fingerprint density at radius 1 is 1.19 bits per heavy atom. The van der Waals surface area contributed by atoms with Gasteiger partial charge in [-0.1, -0.05) is 44.1 Å². The SMILES string of the molecule is CCC(C)(C)C(F)(F)OCc1noc(-c2ccccc2)n1. The maximum atomic E-state index is 13.9. The molecule has 0 aliphatic heterocycles. The van der Waals surface area contributed by atoms with Crippen molar-refractivity contribution >= 4 is 0 Å². The van der Waals surface area contributed by atoms with E-state index in [1.807, 2.05) is 18.2 Å². The first-order valence-electron chi connectivity index (χ1n) is 6.75. The third-order valence-corrected chi connectivity index (χ3v) is 3.54. The molecule has 0 bridgehead atoms. The van der Waals surface area contributed by atoms with Crippen LogP contribution in [0.4, 0.5) is 8.78 Å². The summed E-state index contributed by atoms with van der Waals surface area (Å²) >= 11 is 0. The number of rotatable bonds is 6. The second-order valence-electron chi connectivity index (χ2n) is 5.42. The summed E-state index contributed by atoms with van der Waals surface area (Å²) in [5.41, 5.74) is -0.518. The molecule has 0 atom stereocenters. The second-order valence-corrected chi connectivity index (χ2v) is 5.42. The molecule has 0 fully saturated rings. The predicted molar refractivity (Wildman–Crippen MR) is 73.5 cm³/mol. The Morgan fingerprint density at radius 3 is 2.48 bits per heavy atom. The molecule has 1 aromatic carbocycles. The van der Waals surface area contributed by atoms with Gasteiger partial charge in [0.25, 0.3) is 5.89 Å². The number of nitrogens with zero attached hydrogens (tertiary/aromatic N) is 2. The highest BCUT2D eigenvalue weighted by atomic mass is 19.3. The Morgan fingerprint density at radius 2 is 1.86 bits per heavy atom. The smallest absolute Gasteiger partial charge is 0.334 e. The van der Waals surface area contributed by atoms with Crippen molar-refractivity contribution in [2.45, 2.75) is 39.9 Å². The van der Waals surface area contributed by atoms with Crippen LogP contribution < -0.4 is 0 Å². The fraction of sp³-hybridized carbons (Fsp3) is 0.467. The number of halogens is 2. The fourth-order valence-corrected chi connectivity index (χ4v) is 1.57. The van der Waals surface area contributed by atoms with Gasteiger partial charge >= 0.3 is 6.11 Å². The highest BCUT2D eigenvalue weighted by Gasteiger charge is 2.47. The maximum Gasteiger partial charge on any atom is 0.361 e. The third-order valence-electron chi connectivity index (χ3n) is 3.54. The first-order valence-corrected chi connectivity index (χ1v) is 6.75. The molecule has 1 aromatic heterocycles. The van der Waals surface area contributed by atoms with Gasteiger partial charge < -0.3 is 9.26 Å². The lowest BCUT2D eigenvalue weighted by Gasteiger charge is -2.31. The molecule has 114 valence electrons. The predicted octanol–water partition coefficient (Wildman–Crippen LogP) is 4.28. The Kier molecular flexibility index (Phi) is 4.37. The van der Waals surface area contributed by atoms with Crippen molar-refractivity contribution in [2.75, 3.05) is 0 Å². The van der Waals surface area contributed by atoms with Gasteiger partial charge in [-0.15, -0.1) is 0 Å². The van der Waals surface area contributed by atoms with Gasteiger partial charge in [0.1, 0.15) is 6.61 Å². The molecule has 6 heteroatoms. The Hall–Kier alpha value is -1.82. The Bertz CT molecular complexity index is 582. The summed E-state index contributed by atoms with van der Waals surface area (Å²) in [6.45, 7) is 4.21. The molecule has 2 rings (SSSR count). The van der Waals surface area contributed by atoms with Gasteiger partial charge in [0.2, 0.25) is 0 Å². The molecule has 0 saturated heterocycles. The minimum Gasteiger partial charge on any atom is -0.334 e. The van der Waals surface area contributed by atoms with Crippen molar-refractivity contribution < 1.29 is 18.0 Å². The van der Waals surface area contributed by atoms with E-state index in [1.165, 1.54) is 13.8 Å². The van der Waals surface area contributed by atoms with Crippen LogP contribution in [0, 0.1) is 5.41 Å². The van der Waals surface area contributed by atoms with Gasteiger partial charge in [-0.25, -0.2) is 0 Å². The van der Waals surface area contributed by atoms with Crippen LogP contribution in [0.1, 0.15) is 33.0 Å². The van der Waals surface area contributed by atoms with Crippen LogP contribution in [-0.4, -0.2) is 16.2 Å². The van der Waals surface area contributed by atoms with Gasteiger partial charge in [-0.05, 0) is 18.6 Å². The molecule has 0 radical (unpaired) electrons.